The number of nitrogens with one attached hydrogen (secondary N) is 2. The largest absolute Gasteiger partial charge is 0.329 e. The molecule has 0 saturated carbocycles. The van der Waals surface area contributed by atoms with Crippen molar-refractivity contribution in [1.29, 1.82) is 0 Å². The number of aromatic amines is 2. The van der Waals surface area contributed by atoms with Crippen molar-refractivity contribution in [2.45, 2.75) is 13.8 Å². The van der Waals surface area contributed by atoms with Crippen molar-refractivity contribution in [1.82, 2.24) is 19.1 Å². The van der Waals surface area contributed by atoms with Crippen LogP contribution in [0.4, 0.5) is 23.0 Å². The van der Waals surface area contributed by atoms with Crippen LogP contribution >= 0.6 is 0 Å². The number of H-pyrrole nitrogens is 2. The maximum absolute atomic E-state index is 12.0. The highest BCUT2D eigenvalue weighted by Gasteiger charge is 2.14. The predicted molar refractivity (Wildman–Crippen MR) is 116 cm³/mol. The molecule has 0 spiro atoms. The van der Waals surface area contributed by atoms with Crippen molar-refractivity contribution >= 4 is 23.0 Å². The highest BCUT2D eigenvalue weighted by molar-refractivity contribution is 5.66. The zero-order chi connectivity index (χ0) is 22.0. The van der Waals surface area contributed by atoms with Crippen LogP contribution in [0.25, 0.3) is 0 Å². The SMILES string of the molecule is CCN(c1ccc(N(CC)c2cc(=O)n(C)c(=O)[nH]2)cc1)c1cc(=O)n(C)c(=O)[nH]1. The van der Waals surface area contributed by atoms with Gasteiger partial charge in [0.05, 0.1) is 0 Å². The second-order valence-corrected chi connectivity index (χ2v) is 6.72. The van der Waals surface area contributed by atoms with Crippen LogP contribution in [0.2, 0.25) is 0 Å². The summed E-state index contributed by atoms with van der Waals surface area (Å²) in [5.41, 5.74) is -0.206. The van der Waals surface area contributed by atoms with E-state index in [0.29, 0.717) is 24.7 Å². The molecular formula is C20H24N6O4. The summed E-state index contributed by atoms with van der Waals surface area (Å²) in [7, 11) is 2.83. The van der Waals surface area contributed by atoms with Crippen molar-refractivity contribution in [3.05, 3.63) is 78.1 Å². The van der Waals surface area contributed by atoms with Gasteiger partial charge in [0, 0.05) is 50.7 Å². The average molecular weight is 412 g/mol. The number of rotatable bonds is 6. The molecule has 2 heterocycles. The Balaban J connectivity index is 1.98. The molecule has 0 atom stereocenters. The van der Waals surface area contributed by atoms with E-state index in [1.165, 1.54) is 26.2 Å². The maximum atomic E-state index is 12.0. The van der Waals surface area contributed by atoms with Gasteiger partial charge in [0.2, 0.25) is 0 Å². The standard InChI is InChI=1S/C20H24N6O4/c1-5-25(15-11-17(27)23(3)19(29)21-15)13-7-9-14(10-8-13)26(6-2)16-12-18(28)24(4)20(30)22-16/h7-12H,5-6H2,1-4H3,(H,21,29)(H,22,30). The molecule has 10 nitrogen and oxygen atoms in total. The lowest BCUT2D eigenvalue weighted by atomic mass is 10.2. The minimum atomic E-state index is -0.487. The molecule has 30 heavy (non-hydrogen) atoms. The van der Waals surface area contributed by atoms with E-state index in [9.17, 15) is 19.2 Å². The lowest BCUT2D eigenvalue weighted by Crippen LogP contribution is -2.34. The van der Waals surface area contributed by atoms with E-state index in [0.717, 1.165) is 20.5 Å². The van der Waals surface area contributed by atoms with E-state index in [-0.39, 0.29) is 0 Å². The Morgan fingerprint density at radius 3 is 1.30 bits per heavy atom. The Labute approximate surface area is 171 Å². The quantitative estimate of drug-likeness (QED) is 0.618. The van der Waals surface area contributed by atoms with Gasteiger partial charge in [-0.15, -0.1) is 0 Å². The van der Waals surface area contributed by atoms with Crippen LogP contribution in [0.1, 0.15) is 13.8 Å². The topological polar surface area (TPSA) is 116 Å². The van der Waals surface area contributed by atoms with Crippen LogP contribution in [0, 0.1) is 0 Å². The molecule has 0 unspecified atom stereocenters. The van der Waals surface area contributed by atoms with Gasteiger partial charge in [0.25, 0.3) is 11.1 Å². The molecule has 0 amide bonds. The van der Waals surface area contributed by atoms with Crippen LogP contribution in [-0.2, 0) is 14.1 Å². The highest BCUT2D eigenvalue weighted by Crippen LogP contribution is 2.27. The molecular weight excluding hydrogens is 388 g/mol. The fourth-order valence-corrected chi connectivity index (χ4v) is 3.17. The predicted octanol–water partition coefficient (Wildman–Crippen LogP) is 0.777. The van der Waals surface area contributed by atoms with Crippen molar-refractivity contribution in [3.63, 3.8) is 0 Å². The van der Waals surface area contributed by atoms with E-state index >= 15 is 0 Å². The van der Waals surface area contributed by atoms with Gasteiger partial charge >= 0.3 is 11.4 Å². The maximum Gasteiger partial charge on any atom is 0.329 e. The van der Waals surface area contributed by atoms with E-state index in [2.05, 4.69) is 9.97 Å². The number of anilines is 4. The molecule has 10 heteroatoms. The third-order valence-corrected chi connectivity index (χ3v) is 4.95. The Kier molecular flexibility index (Phi) is 5.77. The number of hydrogen-bond donors (Lipinski definition) is 2. The van der Waals surface area contributed by atoms with Gasteiger partial charge in [-0.2, -0.15) is 0 Å². The van der Waals surface area contributed by atoms with E-state index < -0.39 is 22.5 Å². The van der Waals surface area contributed by atoms with Crippen LogP contribution < -0.4 is 32.3 Å². The summed E-state index contributed by atoms with van der Waals surface area (Å²) in [6.07, 6.45) is 0. The highest BCUT2D eigenvalue weighted by atomic mass is 16.2. The molecule has 0 fully saturated rings. The summed E-state index contributed by atoms with van der Waals surface area (Å²) in [4.78, 5) is 56.9. The molecule has 158 valence electrons. The smallest absolute Gasteiger partial charge is 0.328 e. The van der Waals surface area contributed by atoms with Gasteiger partial charge in [0.15, 0.2) is 0 Å². The molecule has 0 saturated heterocycles. The van der Waals surface area contributed by atoms with E-state index in [4.69, 9.17) is 0 Å². The second kappa shape index (κ2) is 8.27. The number of hydrogen-bond acceptors (Lipinski definition) is 6. The van der Waals surface area contributed by atoms with Crippen LogP contribution in [0.15, 0.2) is 55.6 Å². The molecule has 3 aromatic rings. The fraction of sp³-hybridized carbons (Fsp3) is 0.300. The molecule has 0 aliphatic rings. The number of benzene rings is 1. The first-order valence-corrected chi connectivity index (χ1v) is 9.52. The van der Waals surface area contributed by atoms with Crippen molar-refractivity contribution in [2.24, 2.45) is 14.1 Å². The molecule has 3 rings (SSSR count). The van der Waals surface area contributed by atoms with E-state index in [1.54, 1.807) is 0 Å². The Bertz CT molecular complexity index is 1120. The lowest BCUT2D eigenvalue weighted by molar-refractivity contribution is 0.768. The fourth-order valence-electron chi connectivity index (χ4n) is 3.17. The van der Waals surface area contributed by atoms with Gasteiger partial charge in [-0.05, 0) is 38.1 Å². The van der Waals surface area contributed by atoms with Crippen LogP contribution in [0.3, 0.4) is 0 Å². The molecule has 0 aliphatic heterocycles. The van der Waals surface area contributed by atoms with Gasteiger partial charge in [-0.25, -0.2) is 9.59 Å². The molecule has 0 radical (unpaired) electrons. The van der Waals surface area contributed by atoms with Gasteiger partial charge in [-0.3, -0.25) is 28.7 Å². The molecule has 1 aromatic carbocycles. The average Bonchev–Trinajstić information content (AvgIpc) is 2.72. The first-order chi connectivity index (χ1) is 14.3. The zero-order valence-electron chi connectivity index (χ0n) is 17.3. The molecule has 0 aliphatic carbocycles. The van der Waals surface area contributed by atoms with Crippen LogP contribution in [-0.4, -0.2) is 32.2 Å². The Morgan fingerprint density at radius 2 is 1.03 bits per heavy atom. The molecule has 2 aromatic heterocycles. The third-order valence-electron chi connectivity index (χ3n) is 4.95. The van der Waals surface area contributed by atoms with Gasteiger partial charge in [0.1, 0.15) is 11.6 Å². The summed E-state index contributed by atoms with van der Waals surface area (Å²) in [5.74, 6) is 0.808. The Hall–Kier alpha value is -3.82. The Morgan fingerprint density at radius 1 is 0.700 bits per heavy atom. The minimum Gasteiger partial charge on any atom is -0.328 e. The number of aromatic nitrogens is 4. The first kappa shape index (κ1) is 20.9. The second-order valence-electron chi connectivity index (χ2n) is 6.72. The third kappa shape index (κ3) is 3.84. The van der Waals surface area contributed by atoms with Crippen molar-refractivity contribution in [3.8, 4) is 0 Å². The summed E-state index contributed by atoms with van der Waals surface area (Å²) in [6.45, 7) is 4.88. The van der Waals surface area contributed by atoms with Crippen molar-refractivity contribution in [2.75, 3.05) is 22.9 Å². The summed E-state index contributed by atoms with van der Waals surface area (Å²) in [5, 5.41) is 0. The first-order valence-electron chi connectivity index (χ1n) is 9.52. The summed E-state index contributed by atoms with van der Waals surface area (Å²) < 4.78 is 2.01. The normalized spacial score (nSPS) is 10.8. The zero-order valence-corrected chi connectivity index (χ0v) is 17.3. The number of nitrogens with zero attached hydrogens (tertiary/aromatic N) is 4. The monoisotopic (exact) mass is 412 g/mol. The van der Waals surface area contributed by atoms with E-state index in [1.807, 2.05) is 47.9 Å². The van der Waals surface area contributed by atoms with Gasteiger partial charge in [-0.1, -0.05) is 0 Å². The van der Waals surface area contributed by atoms with Crippen molar-refractivity contribution < 1.29 is 0 Å². The lowest BCUT2D eigenvalue weighted by Gasteiger charge is -2.25. The van der Waals surface area contributed by atoms with Crippen LogP contribution in [0.5, 0.6) is 0 Å². The minimum absolute atomic E-state index is 0.393. The summed E-state index contributed by atoms with van der Waals surface area (Å²) in [6, 6.07) is 10.1. The molecule has 0 bridgehead atoms. The summed E-state index contributed by atoms with van der Waals surface area (Å²) >= 11 is 0. The van der Waals surface area contributed by atoms with Gasteiger partial charge < -0.3 is 9.80 Å². The molecule has 2 N–H and O–H groups in total.